The molecule has 0 aliphatic heterocycles. The third kappa shape index (κ3) is 4.95. The predicted octanol–water partition coefficient (Wildman–Crippen LogP) is 0.169. The molecule has 0 fully saturated rings. The highest BCUT2D eigenvalue weighted by Crippen LogP contribution is 2.12. The molecule has 0 aliphatic carbocycles. The summed E-state index contributed by atoms with van der Waals surface area (Å²) in [5.74, 6) is -2.10. The summed E-state index contributed by atoms with van der Waals surface area (Å²) >= 11 is 0. The largest absolute Gasteiger partial charge is 0.456 e. The SMILES string of the molecule is CCNC(=O)[C@@H](C)NC(=O)COC(=O)CCn1c(=O)oc2ccccc21. The summed E-state index contributed by atoms with van der Waals surface area (Å²) in [4.78, 5) is 46.8. The number of nitrogens with one attached hydrogen (secondary N) is 2. The molecule has 2 rings (SSSR count). The lowest BCUT2D eigenvalue weighted by Gasteiger charge is -2.13. The van der Waals surface area contributed by atoms with Crippen LogP contribution in [0.15, 0.2) is 33.5 Å². The van der Waals surface area contributed by atoms with Gasteiger partial charge in [0.05, 0.1) is 11.9 Å². The fourth-order valence-electron chi connectivity index (χ4n) is 2.32. The first-order chi connectivity index (χ1) is 12.4. The molecule has 140 valence electrons. The van der Waals surface area contributed by atoms with Crippen LogP contribution in [0.2, 0.25) is 0 Å². The zero-order valence-electron chi connectivity index (χ0n) is 14.6. The minimum absolute atomic E-state index is 0.0750. The Kier molecular flexibility index (Phi) is 6.54. The van der Waals surface area contributed by atoms with E-state index in [1.807, 2.05) is 0 Å². The van der Waals surface area contributed by atoms with Crippen molar-refractivity contribution in [2.75, 3.05) is 13.2 Å². The van der Waals surface area contributed by atoms with Crippen molar-refractivity contribution < 1.29 is 23.5 Å². The fourth-order valence-corrected chi connectivity index (χ4v) is 2.32. The molecule has 0 aliphatic rings. The van der Waals surface area contributed by atoms with Crippen LogP contribution >= 0.6 is 0 Å². The standard InChI is InChI=1S/C17H21N3O6/c1-3-18-16(23)11(2)19-14(21)10-25-15(22)8-9-20-12-6-4-5-7-13(12)26-17(20)24/h4-7,11H,3,8-10H2,1-2H3,(H,18,23)(H,19,21)/t11-/m1/s1. The number of nitrogens with zero attached hydrogens (tertiary/aromatic N) is 1. The van der Waals surface area contributed by atoms with Gasteiger partial charge >= 0.3 is 11.7 Å². The monoisotopic (exact) mass is 363 g/mol. The summed E-state index contributed by atoms with van der Waals surface area (Å²) in [6, 6.07) is 6.14. The topological polar surface area (TPSA) is 120 Å². The molecule has 0 saturated carbocycles. The normalized spacial score (nSPS) is 11.8. The van der Waals surface area contributed by atoms with Crippen LogP contribution in [0.5, 0.6) is 0 Å². The lowest BCUT2D eigenvalue weighted by molar-refractivity contribution is -0.149. The predicted molar refractivity (Wildman–Crippen MR) is 92.3 cm³/mol. The first-order valence-electron chi connectivity index (χ1n) is 8.23. The van der Waals surface area contributed by atoms with Gasteiger partial charge in [-0.05, 0) is 26.0 Å². The van der Waals surface area contributed by atoms with Crippen LogP contribution in [0.1, 0.15) is 20.3 Å². The lowest BCUT2D eigenvalue weighted by Crippen LogP contribution is -2.46. The van der Waals surface area contributed by atoms with Crippen LogP contribution in [-0.2, 0) is 25.7 Å². The van der Waals surface area contributed by atoms with Gasteiger partial charge in [-0.1, -0.05) is 12.1 Å². The molecular weight excluding hydrogens is 342 g/mol. The molecule has 2 amide bonds. The highest BCUT2D eigenvalue weighted by atomic mass is 16.5. The Morgan fingerprint density at radius 1 is 1.27 bits per heavy atom. The van der Waals surface area contributed by atoms with Gasteiger partial charge in [0.2, 0.25) is 5.91 Å². The average molecular weight is 363 g/mol. The molecule has 2 aromatic rings. The van der Waals surface area contributed by atoms with Crippen molar-refractivity contribution in [1.29, 1.82) is 0 Å². The number of aryl methyl sites for hydroxylation is 1. The van der Waals surface area contributed by atoms with Crippen LogP contribution in [0.25, 0.3) is 11.1 Å². The van der Waals surface area contributed by atoms with Crippen molar-refractivity contribution in [3.63, 3.8) is 0 Å². The van der Waals surface area contributed by atoms with E-state index < -0.39 is 30.3 Å². The van der Waals surface area contributed by atoms with Crippen LogP contribution in [-0.4, -0.2) is 41.5 Å². The van der Waals surface area contributed by atoms with Gasteiger partial charge in [0.1, 0.15) is 6.04 Å². The Balaban J connectivity index is 1.80. The maximum Gasteiger partial charge on any atom is 0.419 e. The minimum atomic E-state index is -0.725. The van der Waals surface area contributed by atoms with Gasteiger partial charge in [-0.3, -0.25) is 19.0 Å². The number of hydrogen-bond acceptors (Lipinski definition) is 6. The Morgan fingerprint density at radius 2 is 2.00 bits per heavy atom. The van der Waals surface area contributed by atoms with Crippen LogP contribution in [0.3, 0.4) is 0 Å². The number of oxazole rings is 1. The Hall–Kier alpha value is -3.10. The van der Waals surface area contributed by atoms with Crippen LogP contribution in [0, 0.1) is 0 Å². The molecule has 0 spiro atoms. The van der Waals surface area contributed by atoms with Gasteiger partial charge in [-0.25, -0.2) is 4.79 Å². The van der Waals surface area contributed by atoms with Crippen molar-refractivity contribution in [1.82, 2.24) is 15.2 Å². The first kappa shape index (κ1) is 19.2. The van der Waals surface area contributed by atoms with E-state index in [4.69, 9.17) is 9.15 Å². The Labute approximate surface area is 149 Å². The van der Waals surface area contributed by atoms with Gasteiger partial charge in [0.15, 0.2) is 12.2 Å². The molecule has 1 aromatic carbocycles. The van der Waals surface area contributed by atoms with E-state index in [2.05, 4.69) is 10.6 Å². The van der Waals surface area contributed by atoms with E-state index in [1.165, 1.54) is 11.5 Å². The highest BCUT2D eigenvalue weighted by Gasteiger charge is 2.16. The average Bonchev–Trinajstić information content (AvgIpc) is 2.93. The van der Waals surface area contributed by atoms with Crippen LogP contribution < -0.4 is 16.4 Å². The number of hydrogen-bond donors (Lipinski definition) is 2. The van der Waals surface area contributed by atoms with Gasteiger partial charge < -0.3 is 19.8 Å². The van der Waals surface area contributed by atoms with Gasteiger partial charge in [0.25, 0.3) is 5.91 Å². The maximum atomic E-state index is 11.8. The zero-order valence-corrected chi connectivity index (χ0v) is 14.6. The number of para-hydroxylation sites is 2. The summed E-state index contributed by atoms with van der Waals surface area (Å²) in [6.07, 6.45) is -0.0947. The summed E-state index contributed by atoms with van der Waals surface area (Å²) in [7, 11) is 0. The molecule has 0 saturated heterocycles. The molecule has 9 nitrogen and oxygen atoms in total. The van der Waals surface area contributed by atoms with Gasteiger partial charge in [-0.2, -0.15) is 0 Å². The molecule has 2 N–H and O–H groups in total. The number of likely N-dealkylation sites (N-methyl/N-ethyl adjacent to an activating group) is 1. The van der Waals surface area contributed by atoms with Crippen molar-refractivity contribution >= 4 is 28.9 Å². The second-order valence-electron chi connectivity index (χ2n) is 5.58. The van der Waals surface area contributed by atoms with Crippen molar-refractivity contribution in [2.45, 2.75) is 32.9 Å². The van der Waals surface area contributed by atoms with Crippen molar-refractivity contribution in [2.24, 2.45) is 0 Å². The molecule has 9 heteroatoms. The second kappa shape index (κ2) is 8.84. The van der Waals surface area contributed by atoms with Gasteiger partial charge in [0, 0.05) is 13.1 Å². The van der Waals surface area contributed by atoms with E-state index in [9.17, 15) is 19.2 Å². The number of ether oxygens (including phenoxy) is 1. The quantitative estimate of drug-likeness (QED) is 0.645. The molecular formula is C17H21N3O6. The van der Waals surface area contributed by atoms with E-state index in [1.54, 1.807) is 31.2 Å². The van der Waals surface area contributed by atoms with E-state index in [-0.39, 0.29) is 18.9 Å². The number of amides is 2. The van der Waals surface area contributed by atoms with E-state index >= 15 is 0 Å². The van der Waals surface area contributed by atoms with Crippen molar-refractivity contribution in [3.05, 3.63) is 34.8 Å². The number of aromatic nitrogens is 1. The Bertz CT molecular complexity index is 854. The van der Waals surface area contributed by atoms with Gasteiger partial charge in [-0.15, -0.1) is 0 Å². The first-order valence-corrected chi connectivity index (χ1v) is 8.23. The molecule has 0 radical (unpaired) electrons. The summed E-state index contributed by atoms with van der Waals surface area (Å²) in [5.41, 5.74) is 1.02. The van der Waals surface area contributed by atoms with Crippen LogP contribution in [0.4, 0.5) is 0 Å². The molecule has 1 atom stereocenters. The minimum Gasteiger partial charge on any atom is -0.456 e. The lowest BCUT2D eigenvalue weighted by atomic mass is 10.3. The highest BCUT2D eigenvalue weighted by molar-refractivity contribution is 5.88. The molecule has 0 unspecified atom stereocenters. The fraction of sp³-hybridized carbons (Fsp3) is 0.412. The second-order valence-corrected chi connectivity index (χ2v) is 5.58. The number of benzene rings is 1. The number of rotatable bonds is 8. The van der Waals surface area contributed by atoms with E-state index in [0.29, 0.717) is 17.6 Å². The number of fused-ring (bicyclic) bond motifs is 1. The third-order valence-electron chi connectivity index (χ3n) is 3.60. The summed E-state index contributed by atoms with van der Waals surface area (Å²) in [5, 5.41) is 4.99. The van der Waals surface area contributed by atoms with Crippen molar-refractivity contribution in [3.8, 4) is 0 Å². The summed E-state index contributed by atoms with van der Waals surface area (Å²) in [6.45, 7) is 3.33. The van der Waals surface area contributed by atoms with E-state index in [0.717, 1.165) is 0 Å². The smallest absolute Gasteiger partial charge is 0.419 e. The molecule has 0 bridgehead atoms. The number of carbonyl (C=O) groups excluding carboxylic acids is 3. The Morgan fingerprint density at radius 3 is 2.73 bits per heavy atom. The summed E-state index contributed by atoms with van der Waals surface area (Å²) < 4.78 is 11.3. The molecule has 1 heterocycles. The number of carbonyl (C=O) groups is 3. The third-order valence-corrected chi connectivity index (χ3v) is 3.60. The number of esters is 1. The zero-order chi connectivity index (χ0) is 19.1. The maximum absolute atomic E-state index is 11.8. The molecule has 26 heavy (non-hydrogen) atoms. The molecule has 1 aromatic heterocycles.